The molecule has 9 aliphatic heterocycles. The minimum atomic E-state index is -1.35. The number of allylic oxidation sites excluding steroid dienone is 1. The fourth-order valence-electron chi connectivity index (χ4n) is 21.1. The maximum Gasteiger partial charge on any atom is 0.303 e. The number of ether oxygens (including phenoxy) is 24. The zero-order chi connectivity index (χ0) is 77.9. The van der Waals surface area contributed by atoms with Crippen LogP contribution in [0.25, 0.3) is 0 Å². The van der Waals surface area contributed by atoms with E-state index in [0.717, 1.165) is 44.9 Å². The summed E-state index contributed by atoms with van der Waals surface area (Å²) in [7, 11) is 11.0. The van der Waals surface area contributed by atoms with E-state index < -0.39 is 202 Å². The lowest BCUT2D eigenvalue weighted by Gasteiger charge is -2.59. The number of hydrogen-bond acceptors (Lipinski definition) is 30. The Balaban J connectivity index is 0.559. The van der Waals surface area contributed by atoms with Crippen molar-refractivity contribution in [3.63, 3.8) is 0 Å². The summed E-state index contributed by atoms with van der Waals surface area (Å²) >= 11 is 0. The predicted octanol–water partition coefficient (Wildman–Crippen LogP) is 7.26. The van der Waals surface area contributed by atoms with Crippen molar-refractivity contribution in [2.45, 2.75) is 381 Å². The zero-order valence-electron chi connectivity index (χ0n) is 67.3. The number of hydrogen-bond donors (Lipinski definition) is 2. The normalized spacial score (nSPS) is 50.6. The summed E-state index contributed by atoms with van der Waals surface area (Å²) in [4.78, 5) is 38.0. The van der Waals surface area contributed by atoms with Crippen LogP contribution in [0.5, 0.6) is 0 Å². The van der Waals surface area contributed by atoms with Gasteiger partial charge in [-0.2, -0.15) is 4.89 Å². The summed E-state index contributed by atoms with van der Waals surface area (Å²) in [6.07, 6.45) is -7.07. The Bertz CT molecular complexity index is 3090. The van der Waals surface area contributed by atoms with Gasteiger partial charge in [-0.15, -0.1) is 0 Å². The Morgan fingerprint density at radius 3 is 1.63 bits per heavy atom. The molecule has 109 heavy (non-hydrogen) atoms. The van der Waals surface area contributed by atoms with Crippen LogP contribution in [-0.2, 0) is 133 Å². The van der Waals surface area contributed by atoms with E-state index in [1.54, 1.807) is 48.5 Å². The number of aliphatic hydroxyl groups is 2. The van der Waals surface area contributed by atoms with E-state index in [9.17, 15) is 19.8 Å². The van der Waals surface area contributed by atoms with Crippen LogP contribution in [0, 0.1) is 28.6 Å². The van der Waals surface area contributed by atoms with Gasteiger partial charge in [0.2, 0.25) is 12.1 Å². The summed E-state index contributed by atoms with van der Waals surface area (Å²) in [6.45, 7) is 23.0. The molecule has 13 aliphatic rings. The number of rotatable bonds is 23. The highest BCUT2D eigenvalue weighted by atomic mass is 17.2. The van der Waals surface area contributed by atoms with Crippen LogP contribution in [0.15, 0.2) is 23.5 Å². The molecule has 9 heterocycles. The van der Waals surface area contributed by atoms with Crippen molar-refractivity contribution in [2.24, 2.45) is 28.6 Å². The van der Waals surface area contributed by atoms with E-state index >= 15 is 0 Å². The monoisotopic (exact) mass is 1550 g/mol. The van der Waals surface area contributed by atoms with E-state index in [1.165, 1.54) is 26.7 Å². The van der Waals surface area contributed by atoms with Crippen LogP contribution in [0.4, 0.5) is 0 Å². The van der Waals surface area contributed by atoms with Crippen molar-refractivity contribution >= 4 is 11.8 Å². The van der Waals surface area contributed by atoms with Gasteiger partial charge in [0, 0.05) is 93.5 Å². The lowest BCUT2D eigenvalue weighted by atomic mass is 9.46. The van der Waals surface area contributed by atoms with Gasteiger partial charge in [0.1, 0.15) is 61.5 Å². The topological polar surface area (TPSA) is 315 Å². The first-order valence-electron chi connectivity index (χ1n) is 40.0. The van der Waals surface area contributed by atoms with Crippen LogP contribution in [0.2, 0.25) is 0 Å². The Hall–Kier alpha value is -2.62. The third-order valence-electron chi connectivity index (χ3n) is 27.1. The molecule has 0 aromatic heterocycles. The second-order valence-corrected chi connectivity index (χ2v) is 33.5. The SMILES string of the molecule is COC1=C[C@@H](C)OC(OC2CC[C@@]3(C)C(=CC[C@@H]4[C@@H]3CC[C@@]3(C)[C@H]4CC[C@]3(O)[C@H](C)O[C@H]3C[C@H]4OO[C@]5(CO[C@@H]4[C@@H](C)O3)C[C@H](OC)[C@H](O[C@H]3C[C@H](OC)[C@H](O[C@H]4C[C@H](OC)[C@H](O[C@H]6C[C@H](OC)[C@H](O[C@H]7C[C@H](OC)[C@H](O[C@@H]8O[C@H](C)[C@H](O)[C@@H](OC)[C@H]8OC(C)=O)[C@@H](C)O7)[C@@H](C)O6)[C@@H](C)O4)[C@@H](C)O3)[C@@H](C)O5)C2)C1=O. The second-order valence-electron chi connectivity index (χ2n) is 33.5. The number of carbonyl (C=O) groups excluding carboxylic acids is 2. The number of carbonyl (C=O) groups is 2. The summed E-state index contributed by atoms with van der Waals surface area (Å²) in [6, 6.07) is 0. The number of fused-ring (bicyclic) bond motifs is 6. The van der Waals surface area contributed by atoms with Gasteiger partial charge in [-0.05, 0) is 143 Å². The molecule has 13 rings (SSSR count). The quantitative estimate of drug-likeness (QED) is 0.0577. The molecule has 2 unspecified atom stereocenters. The molecule has 0 aromatic rings. The van der Waals surface area contributed by atoms with E-state index in [-0.39, 0.29) is 54.0 Å². The third-order valence-corrected chi connectivity index (χ3v) is 27.1. The van der Waals surface area contributed by atoms with Crippen molar-refractivity contribution in [1.29, 1.82) is 0 Å². The fourth-order valence-corrected chi connectivity index (χ4v) is 21.1. The third kappa shape index (κ3) is 17.0. The Labute approximate surface area is 642 Å². The summed E-state index contributed by atoms with van der Waals surface area (Å²) < 4.78 is 152. The van der Waals surface area contributed by atoms with Gasteiger partial charge < -0.3 is 124 Å². The van der Waals surface area contributed by atoms with Crippen LogP contribution >= 0.6 is 0 Å². The largest absolute Gasteiger partial charge is 0.493 e. The van der Waals surface area contributed by atoms with Gasteiger partial charge in [0.15, 0.2) is 49.6 Å². The number of esters is 1. The molecule has 39 atom stereocenters. The summed E-state index contributed by atoms with van der Waals surface area (Å²) in [5.74, 6) is -0.701. The van der Waals surface area contributed by atoms with E-state index in [0.29, 0.717) is 49.9 Å². The van der Waals surface area contributed by atoms with Gasteiger partial charge in [-0.25, -0.2) is 4.89 Å². The van der Waals surface area contributed by atoms with Crippen molar-refractivity contribution in [3.8, 4) is 0 Å². The molecule has 0 aromatic carbocycles. The molecule has 0 bridgehead atoms. The minimum absolute atomic E-state index is 0.00935. The standard InChI is InChI=1S/C79H126O30/c1-37-28-52(84-13)65(82)74(92-37)101-48-22-25-76(11)47(29-48)20-21-49-50(76)23-26-77(12)51(49)24-27-79(77,83)45(9)99-59-34-57-66(39(3)93-59)91-36-78(109-108-57)35-58(89-18)71(44(8)107-78)105-63-32-55(87-16)69(42(6)96-63)103-61-30-53(85-14)67(40(4)94-61)102-60-31-54(86-15)68(41(5)95-60)104-62-33-56(88-17)70(43(7)97-62)106-75-73(100-46(10)80)72(90-19)64(81)38(2)98-75/h20,28,37-45,48-51,53-64,66-75,81,83H,21-27,29-36H2,1-19H3/t37-,38-,39-,40-,41-,42-,43-,44-,45+,48?,49-,50+,51+,53+,54+,55+,56+,57-,58+,59+,60+,61+,62+,63+,64+,66-,67-,68-,69-,70-,71-,72-,73-,74?,75+,76+,77+,78+,79+/m1/s1. The smallest absolute Gasteiger partial charge is 0.303 e. The lowest BCUT2D eigenvalue weighted by molar-refractivity contribution is -0.469. The molecule has 30 heteroatoms. The van der Waals surface area contributed by atoms with Crippen LogP contribution in [-0.4, -0.2) is 286 Å². The maximum atomic E-state index is 13.1. The average Bonchev–Trinajstić information content (AvgIpc) is 1.59. The van der Waals surface area contributed by atoms with E-state index in [1.807, 2.05) is 55.4 Å². The van der Waals surface area contributed by atoms with Crippen LogP contribution in [0.1, 0.15) is 173 Å². The van der Waals surface area contributed by atoms with Gasteiger partial charge in [0.25, 0.3) is 5.78 Å². The molecule has 0 amide bonds. The molecule has 2 N–H and O–H groups in total. The van der Waals surface area contributed by atoms with Crippen molar-refractivity contribution < 1.29 is 143 Å². The Kier molecular flexibility index (Phi) is 27.0. The van der Waals surface area contributed by atoms with Crippen molar-refractivity contribution in [2.75, 3.05) is 56.4 Å². The van der Waals surface area contributed by atoms with Crippen molar-refractivity contribution in [3.05, 3.63) is 23.5 Å². The van der Waals surface area contributed by atoms with E-state index in [4.69, 9.17) is 123 Å². The highest BCUT2D eigenvalue weighted by Gasteiger charge is 2.67. The number of aliphatic hydroxyl groups excluding tert-OH is 1. The highest BCUT2D eigenvalue weighted by Crippen LogP contribution is 2.68. The second kappa shape index (κ2) is 34.9. The lowest BCUT2D eigenvalue weighted by Crippen LogP contribution is -2.62. The molecule has 11 fully saturated rings. The van der Waals surface area contributed by atoms with E-state index in [2.05, 4.69) is 19.9 Å². The molecular weight excluding hydrogens is 1430 g/mol. The minimum Gasteiger partial charge on any atom is -0.493 e. The molecule has 0 radical (unpaired) electrons. The summed E-state index contributed by atoms with van der Waals surface area (Å²) in [5, 5.41) is 23.9. The first-order valence-corrected chi connectivity index (χ1v) is 40.0. The van der Waals surface area contributed by atoms with Gasteiger partial charge in [0.05, 0.1) is 104 Å². The average molecular weight is 1560 g/mol. The first-order chi connectivity index (χ1) is 52.0. The Morgan fingerprint density at radius 1 is 0.569 bits per heavy atom. The van der Waals surface area contributed by atoms with Crippen molar-refractivity contribution in [1.82, 2.24) is 0 Å². The Morgan fingerprint density at radius 2 is 1.10 bits per heavy atom. The predicted molar refractivity (Wildman–Crippen MR) is 380 cm³/mol. The van der Waals surface area contributed by atoms with Crippen LogP contribution < -0.4 is 0 Å². The van der Waals surface area contributed by atoms with Crippen LogP contribution in [0.3, 0.4) is 0 Å². The number of methoxy groups -OCH3 is 7. The number of ketones is 1. The molecule has 1 spiro atoms. The number of Topliss-reactive ketones (excluding diaryl/α,β-unsaturated/α-hetero) is 1. The first kappa shape index (κ1) is 84.3. The zero-order valence-corrected chi connectivity index (χ0v) is 67.3. The molecule has 8 saturated heterocycles. The van der Waals surface area contributed by atoms with Gasteiger partial charge in [-0.3, -0.25) is 9.59 Å². The molecule has 30 nitrogen and oxygen atoms in total. The molecule has 4 aliphatic carbocycles. The fraction of sp³-hybridized carbons (Fsp3) is 0.924. The van der Waals surface area contributed by atoms with Gasteiger partial charge in [-0.1, -0.05) is 25.5 Å². The molecular formula is C79H126O30. The highest BCUT2D eigenvalue weighted by molar-refractivity contribution is 5.96. The molecule has 3 saturated carbocycles. The summed E-state index contributed by atoms with van der Waals surface area (Å²) in [5.41, 5.74) is -0.0416. The maximum absolute atomic E-state index is 13.1. The molecule has 622 valence electrons. The van der Waals surface area contributed by atoms with Gasteiger partial charge >= 0.3 is 5.97 Å².